The largest absolute Gasteiger partial charge is 0.383 e. The zero-order chi connectivity index (χ0) is 13.6. The zero-order valence-corrected chi connectivity index (χ0v) is 12.1. The predicted octanol–water partition coefficient (Wildman–Crippen LogP) is -0.0835. The highest BCUT2D eigenvalue weighted by molar-refractivity contribution is 7.87. The number of rotatable bonds is 7. The molecule has 1 fully saturated rings. The fourth-order valence-electron chi connectivity index (χ4n) is 2.37. The number of methoxy groups -OCH3 is 1. The molecule has 1 aliphatic rings. The summed E-state index contributed by atoms with van der Waals surface area (Å²) in [5.41, 5.74) is 5.70. The van der Waals surface area contributed by atoms with E-state index in [1.807, 2.05) is 0 Å². The Balaban J connectivity index is 2.63. The first-order chi connectivity index (χ1) is 8.55. The maximum atomic E-state index is 12.1. The minimum Gasteiger partial charge on any atom is -0.383 e. The average Bonchev–Trinajstić information content (AvgIpc) is 2.38. The van der Waals surface area contributed by atoms with Gasteiger partial charge in [0.2, 0.25) is 0 Å². The molecule has 1 saturated heterocycles. The van der Waals surface area contributed by atoms with Crippen LogP contribution in [0.1, 0.15) is 26.2 Å². The molecule has 0 aromatic carbocycles. The Morgan fingerprint density at radius 2 is 2.22 bits per heavy atom. The van der Waals surface area contributed by atoms with Gasteiger partial charge in [0.05, 0.1) is 6.61 Å². The third-order valence-corrected chi connectivity index (χ3v) is 5.19. The van der Waals surface area contributed by atoms with Gasteiger partial charge in [0.25, 0.3) is 10.2 Å². The molecule has 2 unspecified atom stereocenters. The summed E-state index contributed by atoms with van der Waals surface area (Å²) in [5.74, 6) is 0.587. The fraction of sp³-hybridized carbons (Fsp3) is 1.00. The van der Waals surface area contributed by atoms with Crippen LogP contribution in [0.15, 0.2) is 0 Å². The van der Waals surface area contributed by atoms with Gasteiger partial charge in [0.15, 0.2) is 0 Å². The topological polar surface area (TPSA) is 84.7 Å². The number of piperidine rings is 1. The van der Waals surface area contributed by atoms with E-state index in [0.717, 1.165) is 19.3 Å². The van der Waals surface area contributed by atoms with Crippen LogP contribution in [0.25, 0.3) is 0 Å². The van der Waals surface area contributed by atoms with Crippen molar-refractivity contribution in [2.75, 3.05) is 33.4 Å². The number of nitrogens with two attached hydrogens (primary N) is 1. The van der Waals surface area contributed by atoms with E-state index in [4.69, 9.17) is 10.5 Å². The molecule has 3 N–H and O–H groups in total. The molecule has 0 aromatic rings. The standard InChI is InChI=1S/C11H25N3O3S/c1-3-10-4-6-14(11(8-10)9-12)18(15,16)13-5-7-17-2/h10-11,13H,3-9,12H2,1-2H3. The van der Waals surface area contributed by atoms with Crippen molar-refractivity contribution in [2.45, 2.75) is 32.2 Å². The molecule has 0 saturated carbocycles. The summed E-state index contributed by atoms with van der Waals surface area (Å²) in [6.45, 7) is 3.74. The molecule has 0 bridgehead atoms. The van der Waals surface area contributed by atoms with Gasteiger partial charge in [0.1, 0.15) is 0 Å². The minimum absolute atomic E-state index is 0.0799. The van der Waals surface area contributed by atoms with E-state index in [1.165, 1.54) is 4.31 Å². The minimum atomic E-state index is -3.43. The van der Waals surface area contributed by atoms with Crippen molar-refractivity contribution in [3.05, 3.63) is 0 Å². The quantitative estimate of drug-likeness (QED) is 0.638. The molecule has 0 aliphatic carbocycles. The summed E-state index contributed by atoms with van der Waals surface area (Å²) in [4.78, 5) is 0. The summed E-state index contributed by atoms with van der Waals surface area (Å²) >= 11 is 0. The van der Waals surface area contributed by atoms with Gasteiger partial charge in [-0.3, -0.25) is 0 Å². The lowest BCUT2D eigenvalue weighted by molar-refractivity contribution is 0.189. The molecule has 108 valence electrons. The second kappa shape index (κ2) is 7.40. The highest BCUT2D eigenvalue weighted by atomic mass is 32.2. The molecular weight excluding hydrogens is 254 g/mol. The summed E-state index contributed by atoms with van der Waals surface area (Å²) in [6.07, 6.45) is 2.86. The molecule has 18 heavy (non-hydrogen) atoms. The van der Waals surface area contributed by atoms with Crippen molar-refractivity contribution in [2.24, 2.45) is 11.7 Å². The third kappa shape index (κ3) is 4.17. The lowest BCUT2D eigenvalue weighted by atomic mass is 9.90. The van der Waals surface area contributed by atoms with Gasteiger partial charge in [-0.15, -0.1) is 0 Å². The van der Waals surface area contributed by atoms with E-state index in [9.17, 15) is 8.42 Å². The molecule has 0 radical (unpaired) electrons. The van der Waals surface area contributed by atoms with Gasteiger partial charge in [-0.25, -0.2) is 0 Å². The second-order valence-electron chi connectivity index (χ2n) is 4.69. The Morgan fingerprint density at radius 1 is 1.50 bits per heavy atom. The number of nitrogens with zero attached hydrogens (tertiary/aromatic N) is 1. The highest BCUT2D eigenvalue weighted by Crippen LogP contribution is 2.26. The molecule has 1 rings (SSSR count). The van der Waals surface area contributed by atoms with Crippen LogP contribution in [0.3, 0.4) is 0 Å². The van der Waals surface area contributed by atoms with Crippen LogP contribution in [0.5, 0.6) is 0 Å². The summed E-state index contributed by atoms with van der Waals surface area (Å²) in [7, 11) is -1.88. The van der Waals surface area contributed by atoms with Crippen molar-refractivity contribution < 1.29 is 13.2 Å². The first kappa shape index (κ1) is 15.8. The Hall–Kier alpha value is -0.210. The lowest BCUT2D eigenvalue weighted by Crippen LogP contribution is -2.53. The van der Waals surface area contributed by atoms with Crippen molar-refractivity contribution in [3.63, 3.8) is 0 Å². The Morgan fingerprint density at radius 3 is 2.78 bits per heavy atom. The maximum absolute atomic E-state index is 12.1. The SMILES string of the molecule is CCC1CCN(S(=O)(=O)NCCOC)C(CN)C1. The van der Waals surface area contributed by atoms with Gasteiger partial charge in [-0.05, 0) is 18.8 Å². The normalized spacial score (nSPS) is 26.4. The van der Waals surface area contributed by atoms with Gasteiger partial charge >= 0.3 is 0 Å². The van der Waals surface area contributed by atoms with E-state index >= 15 is 0 Å². The number of hydrogen-bond donors (Lipinski definition) is 2. The van der Waals surface area contributed by atoms with Crippen LogP contribution in [-0.4, -0.2) is 52.1 Å². The van der Waals surface area contributed by atoms with Crippen LogP contribution in [-0.2, 0) is 14.9 Å². The Bertz CT molecular complexity index is 334. The molecule has 0 spiro atoms. The monoisotopic (exact) mass is 279 g/mol. The zero-order valence-electron chi connectivity index (χ0n) is 11.3. The van der Waals surface area contributed by atoms with Crippen LogP contribution < -0.4 is 10.5 Å². The lowest BCUT2D eigenvalue weighted by Gasteiger charge is -2.37. The highest BCUT2D eigenvalue weighted by Gasteiger charge is 2.34. The molecular formula is C11H25N3O3S. The summed E-state index contributed by atoms with van der Waals surface area (Å²) in [5, 5.41) is 0. The van der Waals surface area contributed by atoms with Crippen LogP contribution in [0, 0.1) is 5.92 Å². The molecule has 2 atom stereocenters. The Labute approximate surface area is 110 Å². The number of nitrogens with one attached hydrogen (secondary N) is 1. The first-order valence-electron chi connectivity index (χ1n) is 6.50. The van der Waals surface area contributed by atoms with Crippen molar-refractivity contribution in [3.8, 4) is 0 Å². The predicted molar refractivity (Wildman–Crippen MR) is 71.4 cm³/mol. The average molecular weight is 279 g/mol. The van der Waals surface area contributed by atoms with E-state index in [2.05, 4.69) is 11.6 Å². The molecule has 1 heterocycles. The van der Waals surface area contributed by atoms with Gasteiger partial charge in [-0.2, -0.15) is 17.4 Å². The van der Waals surface area contributed by atoms with Crippen LogP contribution in [0.2, 0.25) is 0 Å². The summed E-state index contributed by atoms with van der Waals surface area (Å²) in [6, 6.07) is -0.0799. The van der Waals surface area contributed by atoms with Crippen LogP contribution >= 0.6 is 0 Å². The third-order valence-electron chi connectivity index (χ3n) is 3.52. The second-order valence-corrected chi connectivity index (χ2v) is 6.40. The van der Waals surface area contributed by atoms with Gasteiger partial charge in [0, 0.05) is 32.8 Å². The molecule has 0 amide bonds. The maximum Gasteiger partial charge on any atom is 0.279 e. The van der Waals surface area contributed by atoms with Crippen molar-refractivity contribution in [1.29, 1.82) is 0 Å². The molecule has 6 nitrogen and oxygen atoms in total. The van der Waals surface area contributed by atoms with E-state index in [1.54, 1.807) is 7.11 Å². The van der Waals surface area contributed by atoms with E-state index in [-0.39, 0.29) is 6.04 Å². The molecule has 1 aliphatic heterocycles. The number of hydrogen-bond acceptors (Lipinski definition) is 4. The molecule has 0 aromatic heterocycles. The Kier molecular flexibility index (Phi) is 6.51. The smallest absolute Gasteiger partial charge is 0.279 e. The molecule has 7 heteroatoms. The van der Waals surface area contributed by atoms with Gasteiger partial charge < -0.3 is 10.5 Å². The van der Waals surface area contributed by atoms with Crippen LogP contribution in [0.4, 0.5) is 0 Å². The van der Waals surface area contributed by atoms with Crippen molar-refractivity contribution in [1.82, 2.24) is 9.03 Å². The van der Waals surface area contributed by atoms with Gasteiger partial charge in [-0.1, -0.05) is 13.3 Å². The van der Waals surface area contributed by atoms with E-state index < -0.39 is 10.2 Å². The fourth-order valence-corrected chi connectivity index (χ4v) is 3.79. The number of ether oxygens (including phenoxy) is 1. The van der Waals surface area contributed by atoms with E-state index in [0.29, 0.717) is 32.2 Å². The summed E-state index contributed by atoms with van der Waals surface area (Å²) < 4.78 is 33.2. The van der Waals surface area contributed by atoms with Crippen molar-refractivity contribution >= 4 is 10.2 Å². The first-order valence-corrected chi connectivity index (χ1v) is 7.94.